The van der Waals surface area contributed by atoms with Gasteiger partial charge < -0.3 is 10.8 Å². The minimum absolute atomic E-state index is 0.257. The second-order valence-corrected chi connectivity index (χ2v) is 2.97. The molecular formula is C10H18N2O2. The van der Waals surface area contributed by atoms with Gasteiger partial charge in [-0.05, 0) is 13.3 Å². The molecule has 80 valence electrons. The van der Waals surface area contributed by atoms with Crippen molar-refractivity contribution in [2.24, 2.45) is 10.7 Å². The molecule has 1 unspecified atom stereocenters. The van der Waals surface area contributed by atoms with Gasteiger partial charge in [0.25, 0.3) is 0 Å². The minimum atomic E-state index is -0.534. The Kier molecular flexibility index (Phi) is 6.88. The number of aliphatic imine (C=N–C) groups is 1. The quantitative estimate of drug-likeness (QED) is 0.615. The molecule has 0 amide bonds. The highest BCUT2D eigenvalue weighted by Gasteiger charge is 2.16. The van der Waals surface area contributed by atoms with Crippen LogP contribution in [0.5, 0.6) is 0 Å². The van der Waals surface area contributed by atoms with E-state index in [9.17, 15) is 4.79 Å². The lowest BCUT2D eigenvalue weighted by atomic mass is 10.0. The molecule has 0 saturated heterocycles. The van der Waals surface area contributed by atoms with Crippen LogP contribution in [0.1, 0.15) is 26.7 Å². The van der Waals surface area contributed by atoms with Gasteiger partial charge in [0.1, 0.15) is 12.3 Å². The Labute approximate surface area is 84.5 Å². The molecule has 14 heavy (non-hydrogen) atoms. The third-order valence-electron chi connectivity index (χ3n) is 1.74. The molecule has 1 atom stereocenters. The SMILES string of the molecule is C/C=C\N=C(\C(=O)CO)C(N)CCC. The summed E-state index contributed by atoms with van der Waals surface area (Å²) in [5, 5.41) is 8.71. The van der Waals surface area contributed by atoms with Gasteiger partial charge in [-0.1, -0.05) is 19.4 Å². The van der Waals surface area contributed by atoms with Crippen molar-refractivity contribution in [1.29, 1.82) is 0 Å². The Balaban J connectivity index is 4.62. The van der Waals surface area contributed by atoms with E-state index >= 15 is 0 Å². The van der Waals surface area contributed by atoms with Gasteiger partial charge in [0, 0.05) is 6.20 Å². The second-order valence-electron chi connectivity index (χ2n) is 2.97. The highest BCUT2D eigenvalue weighted by Crippen LogP contribution is 1.98. The lowest BCUT2D eigenvalue weighted by Crippen LogP contribution is -2.37. The summed E-state index contributed by atoms with van der Waals surface area (Å²) < 4.78 is 0. The number of rotatable bonds is 6. The summed E-state index contributed by atoms with van der Waals surface area (Å²) in [6.45, 7) is 3.25. The van der Waals surface area contributed by atoms with Crippen molar-refractivity contribution in [2.45, 2.75) is 32.7 Å². The van der Waals surface area contributed by atoms with Crippen molar-refractivity contribution in [3.05, 3.63) is 12.3 Å². The number of carbonyl (C=O) groups is 1. The van der Waals surface area contributed by atoms with E-state index in [1.165, 1.54) is 6.20 Å². The van der Waals surface area contributed by atoms with E-state index < -0.39 is 12.4 Å². The minimum Gasteiger partial charge on any atom is -0.388 e. The molecule has 3 N–H and O–H groups in total. The topological polar surface area (TPSA) is 75.7 Å². The number of allylic oxidation sites excluding steroid dienone is 1. The fourth-order valence-corrected chi connectivity index (χ4v) is 1.06. The predicted octanol–water partition coefficient (Wildman–Crippen LogP) is 0.650. The third kappa shape index (κ3) is 4.30. The van der Waals surface area contributed by atoms with Crippen molar-refractivity contribution >= 4 is 11.5 Å². The number of aliphatic hydroxyl groups is 1. The first-order valence-corrected chi connectivity index (χ1v) is 4.75. The van der Waals surface area contributed by atoms with Crippen LogP contribution in [0.4, 0.5) is 0 Å². The molecule has 4 heteroatoms. The zero-order chi connectivity index (χ0) is 11.0. The lowest BCUT2D eigenvalue weighted by Gasteiger charge is -2.10. The first-order valence-electron chi connectivity index (χ1n) is 4.75. The van der Waals surface area contributed by atoms with E-state index in [0.29, 0.717) is 6.42 Å². The van der Waals surface area contributed by atoms with Gasteiger partial charge in [0.15, 0.2) is 0 Å². The van der Waals surface area contributed by atoms with Crippen molar-refractivity contribution in [3.63, 3.8) is 0 Å². The van der Waals surface area contributed by atoms with E-state index in [1.807, 2.05) is 6.92 Å². The van der Waals surface area contributed by atoms with Crippen molar-refractivity contribution < 1.29 is 9.90 Å². The molecule has 0 saturated carbocycles. The highest BCUT2D eigenvalue weighted by molar-refractivity contribution is 6.42. The van der Waals surface area contributed by atoms with E-state index in [4.69, 9.17) is 10.8 Å². The third-order valence-corrected chi connectivity index (χ3v) is 1.74. The number of carbonyl (C=O) groups excluding carboxylic acids is 1. The van der Waals surface area contributed by atoms with Gasteiger partial charge in [-0.3, -0.25) is 9.79 Å². The lowest BCUT2D eigenvalue weighted by molar-refractivity contribution is -0.115. The molecule has 0 aliphatic carbocycles. The Bertz CT molecular complexity index is 234. The van der Waals surface area contributed by atoms with Crippen LogP contribution in [0.2, 0.25) is 0 Å². The number of nitrogens with zero attached hydrogens (tertiary/aromatic N) is 1. The van der Waals surface area contributed by atoms with Gasteiger partial charge in [0.05, 0.1) is 6.04 Å². The fraction of sp³-hybridized carbons (Fsp3) is 0.600. The van der Waals surface area contributed by atoms with Crippen LogP contribution in [0.3, 0.4) is 0 Å². The van der Waals surface area contributed by atoms with Crippen molar-refractivity contribution in [1.82, 2.24) is 0 Å². The summed E-state index contributed by atoms with van der Waals surface area (Å²) in [6, 6.07) is -0.379. The average molecular weight is 198 g/mol. The summed E-state index contributed by atoms with van der Waals surface area (Å²) in [7, 11) is 0. The maximum atomic E-state index is 11.2. The Morgan fingerprint density at radius 3 is 2.71 bits per heavy atom. The molecule has 0 aromatic carbocycles. The van der Waals surface area contributed by atoms with Gasteiger partial charge in [-0.25, -0.2) is 0 Å². The summed E-state index contributed by atoms with van der Waals surface area (Å²) in [5.74, 6) is -0.399. The molecule has 4 nitrogen and oxygen atoms in total. The molecule has 0 fully saturated rings. The average Bonchev–Trinajstić information content (AvgIpc) is 2.18. The summed E-state index contributed by atoms with van der Waals surface area (Å²) in [6.07, 6.45) is 4.80. The van der Waals surface area contributed by atoms with E-state index in [-0.39, 0.29) is 11.8 Å². The van der Waals surface area contributed by atoms with E-state index in [0.717, 1.165) is 6.42 Å². The Morgan fingerprint density at radius 2 is 2.29 bits per heavy atom. The molecule has 0 spiro atoms. The van der Waals surface area contributed by atoms with Crippen LogP contribution in [-0.2, 0) is 4.79 Å². The van der Waals surface area contributed by atoms with Gasteiger partial charge in [-0.2, -0.15) is 0 Å². The molecule has 0 radical (unpaired) electrons. The van der Waals surface area contributed by atoms with Crippen LogP contribution in [0, 0.1) is 0 Å². The maximum absolute atomic E-state index is 11.2. The molecule has 0 heterocycles. The number of hydrogen-bond donors (Lipinski definition) is 2. The summed E-state index contributed by atoms with van der Waals surface area (Å²) in [5.41, 5.74) is 6.01. The molecular weight excluding hydrogens is 180 g/mol. The maximum Gasteiger partial charge on any atom is 0.203 e. The normalized spacial score (nSPS) is 14.7. The van der Waals surface area contributed by atoms with E-state index in [1.54, 1.807) is 13.0 Å². The number of aliphatic hydroxyl groups excluding tert-OH is 1. The van der Waals surface area contributed by atoms with Crippen LogP contribution >= 0.6 is 0 Å². The van der Waals surface area contributed by atoms with Crippen LogP contribution < -0.4 is 5.73 Å². The number of nitrogens with two attached hydrogens (primary N) is 1. The molecule has 0 aromatic rings. The first-order chi connectivity index (χ1) is 6.67. The number of Topliss-reactive ketones (excluding diaryl/α,β-unsaturated/α-hetero) is 1. The van der Waals surface area contributed by atoms with Crippen LogP contribution in [-0.4, -0.2) is 29.3 Å². The van der Waals surface area contributed by atoms with Crippen molar-refractivity contribution in [2.75, 3.05) is 6.61 Å². The van der Waals surface area contributed by atoms with Crippen LogP contribution in [0.15, 0.2) is 17.3 Å². The highest BCUT2D eigenvalue weighted by atomic mass is 16.3. The predicted molar refractivity (Wildman–Crippen MR) is 57.2 cm³/mol. The van der Waals surface area contributed by atoms with Crippen LogP contribution in [0.25, 0.3) is 0 Å². The number of ketones is 1. The zero-order valence-corrected chi connectivity index (χ0v) is 8.73. The fourth-order valence-electron chi connectivity index (χ4n) is 1.06. The standard InChI is InChI=1S/C10H18N2O2/c1-3-5-8(11)10(9(14)7-13)12-6-4-2/h4,6,8,13H,3,5,7,11H2,1-2H3/b6-4-,12-10+. The summed E-state index contributed by atoms with van der Waals surface area (Å²) >= 11 is 0. The zero-order valence-electron chi connectivity index (χ0n) is 8.73. The second kappa shape index (κ2) is 7.41. The molecule has 0 rings (SSSR count). The number of hydrogen-bond acceptors (Lipinski definition) is 4. The Morgan fingerprint density at radius 1 is 1.64 bits per heavy atom. The van der Waals surface area contributed by atoms with Gasteiger partial charge >= 0.3 is 0 Å². The smallest absolute Gasteiger partial charge is 0.203 e. The monoisotopic (exact) mass is 198 g/mol. The largest absolute Gasteiger partial charge is 0.388 e. The molecule has 0 aliphatic rings. The van der Waals surface area contributed by atoms with Gasteiger partial charge in [-0.15, -0.1) is 0 Å². The molecule has 0 bridgehead atoms. The Hall–Kier alpha value is -1.00. The van der Waals surface area contributed by atoms with E-state index in [2.05, 4.69) is 4.99 Å². The molecule has 0 aromatic heterocycles. The summed E-state index contributed by atoms with van der Waals surface area (Å²) in [4.78, 5) is 15.2. The van der Waals surface area contributed by atoms with Crippen molar-refractivity contribution in [3.8, 4) is 0 Å². The first kappa shape index (κ1) is 13.0. The molecule has 0 aliphatic heterocycles. The van der Waals surface area contributed by atoms with Gasteiger partial charge in [0.2, 0.25) is 5.78 Å².